The highest BCUT2D eigenvalue weighted by molar-refractivity contribution is 6.43. The zero-order valence-corrected chi connectivity index (χ0v) is 15.6. The predicted molar refractivity (Wildman–Crippen MR) is 105 cm³/mol. The van der Waals surface area contributed by atoms with Gasteiger partial charge in [0.1, 0.15) is 17.3 Å². The minimum atomic E-state index is 0.400. The Morgan fingerprint density at radius 1 is 0.923 bits per heavy atom. The molecule has 0 radical (unpaired) electrons. The first kappa shape index (κ1) is 18.1. The Morgan fingerprint density at radius 2 is 1.77 bits per heavy atom. The standard InChI is InChI=1S/C18H16Cl2N4O2/c1-25-11-6-7-13(15(10-11)26-2)23-18-21-9-8-16(24-18)22-14-5-3-4-12(19)17(14)20/h3-10H,1-2H3,(H2,21,22,23,24). The first-order valence-corrected chi connectivity index (χ1v) is 8.39. The number of anilines is 4. The second-order valence-electron chi connectivity index (χ2n) is 5.18. The second-order valence-corrected chi connectivity index (χ2v) is 5.97. The molecule has 8 heteroatoms. The van der Waals surface area contributed by atoms with Crippen LogP contribution >= 0.6 is 23.2 Å². The number of aromatic nitrogens is 2. The SMILES string of the molecule is COc1ccc(Nc2nccc(Nc3cccc(Cl)c3Cl)n2)c(OC)c1. The number of methoxy groups -OCH3 is 2. The maximum Gasteiger partial charge on any atom is 0.229 e. The van der Waals surface area contributed by atoms with Crippen molar-refractivity contribution in [3.8, 4) is 11.5 Å². The van der Waals surface area contributed by atoms with Crippen molar-refractivity contribution in [1.82, 2.24) is 9.97 Å². The van der Waals surface area contributed by atoms with Crippen molar-refractivity contribution in [3.05, 3.63) is 58.7 Å². The summed E-state index contributed by atoms with van der Waals surface area (Å²) in [6.07, 6.45) is 1.63. The van der Waals surface area contributed by atoms with Crippen molar-refractivity contribution in [2.75, 3.05) is 24.9 Å². The molecule has 3 rings (SSSR count). The Hall–Kier alpha value is -2.70. The smallest absolute Gasteiger partial charge is 0.229 e. The van der Waals surface area contributed by atoms with E-state index < -0.39 is 0 Å². The molecule has 2 aromatic carbocycles. The summed E-state index contributed by atoms with van der Waals surface area (Å²) in [7, 11) is 3.18. The number of rotatable bonds is 6. The van der Waals surface area contributed by atoms with E-state index in [1.165, 1.54) is 0 Å². The molecule has 0 fully saturated rings. The van der Waals surface area contributed by atoms with Gasteiger partial charge in [0.25, 0.3) is 0 Å². The van der Waals surface area contributed by atoms with E-state index in [2.05, 4.69) is 20.6 Å². The molecule has 0 aliphatic heterocycles. The van der Waals surface area contributed by atoms with Gasteiger partial charge in [0.2, 0.25) is 5.95 Å². The lowest BCUT2D eigenvalue weighted by Gasteiger charge is -2.13. The van der Waals surface area contributed by atoms with Crippen LogP contribution in [0.15, 0.2) is 48.7 Å². The van der Waals surface area contributed by atoms with Crippen LogP contribution in [0.4, 0.5) is 23.1 Å². The van der Waals surface area contributed by atoms with Crippen LogP contribution in [0.3, 0.4) is 0 Å². The summed E-state index contributed by atoms with van der Waals surface area (Å²) < 4.78 is 10.6. The van der Waals surface area contributed by atoms with Gasteiger partial charge in [-0.05, 0) is 30.3 Å². The normalized spacial score (nSPS) is 10.3. The highest BCUT2D eigenvalue weighted by Crippen LogP contribution is 2.32. The Labute approximate surface area is 161 Å². The molecule has 1 aromatic heterocycles. The molecule has 0 spiro atoms. The van der Waals surface area contributed by atoms with Crippen molar-refractivity contribution in [2.24, 2.45) is 0 Å². The van der Waals surface area contributed by atoms with E-state index in [0.29, 0.717) is 44.7 Å². The van der Waals surface area contributed by atoms with E-state index in [0.717, 1.165) is 0 Å². The van der Waals surface area contributed by atoms with Crippen molar-refractivity contribution in [3.63, 3.8) is 0 Å². The quantitative estimate of drug-likeness (QED) is 0.595. The highest BCUT2D eigenvalue weighted by atomic mass is 35.5. The van der Waals surface area contributed by atoms with Crippen LogP contribution in [0.1, 0.15) is 0 Å². The molecule has 0 amide bonds. The number of benzene rings is 2. The number of hydrogen-bond acceptors (Lipinski definition) is 6. The van der Waals surface area contributed by atoms with Crippen LogP contribution in [0.25, 0.3) is 0 Å². The molecule has 134 valence electrons. The van der Waals surface area contributed by atoms with Crippen LogP contribution < -0.4 is 20.1 Å². The molecule has 0 unspecified atom stereocenters. The molecule has 6 nitrogen and oxygen atoms in total. The third-order valence-electron chi connectivity index (χ3n) is 3.53. The monoisotopic (exact) mass is 390 g/mol. The van der Waals surface area contributed by atoms with Gasteiger partial charge in [-0.15, -0.1) is 0 Å². The average molecular weight is 391 g/mol. The zero-order chi connectivity index (χ0) is 18.5. The van der Waals surface area contributed by atoms with E-state index >= 15 is 0 Å². The molecule has 0 atom stereocenters. The molecule has 0 bridgehead atoms. The number of hydrogen-bond donors (Lipinski definition) is 2. The summed E-state index contributed by atoms with van der Waals surface area (Å²) in [5, 5.41) is 7.15. The lowest BCUT2D eigenvalue weighted by Crippen LogP contribution is -2.02. The molecule has 1 heterocycles. The fraction of sp³-hybridized carbons (Fsp3) is 0.111. The summed E-state index contributed by atoms with van der Waals surface area (Å²) >= 11 is 12.2. The number of ether oxygens (including phenoxy) is 2. The van der Waals surface area contributed by atoms with Gasteiger partial charge in [-0.2, -0.15) is 4.98 Å². The summed E-state index contributed by atoms with van der Waals surface area (Å²) in [5.41, 5.74) is 1.37. The predicted octanol–water partition coefficient (Wildman–Crippen LogP) is 5.29. The van der Waals surface area contributed by atoms with Crippen LogP contribution in [-0.2, 0) is 0 Å². The fourth-order valence-electron chi connectivity index (χ4n) is 2.25. The minimum absolute atomic E-state index is 0.400. The van der Waals surface area contributed by atoms with Crippen molar-refractivity contribution in [2.45, 2.75) is 0 Å². The number of halogens is 2. The molecule has 2 N–H and O–H groups in total. The van der Waals surface area contributed by atoms with Gasteiger partial charge >= 0.3 is 0 Å². The van der Waals surface area contributed by atoms with Gasteiger partial charge in [0, 0.05) is 12.3 Å². The highest BCUT2D eigenvalue weighted by Gasteiger charge is 2.09. The van der Waals surface area contributed by atoms with Crippen LogP contribution in [0.5, 0.6) is 11.5 Å². The molecule has 26 heavy (non-hydrogen) atoms. The van der Waals surface area contributed by atoms with Gasteiger partial charge in [-0.25, -0.2) is 4.98 Å². The molecule has 0 saturated carbocycles. The van der Waals surface area contributed by atoms with E-state index in [-0.39, 0.29) is 0 Å². The Kier molecular flexibility index (Phi) is 5.65. The molecule has 3 aromatic rings. The number of nitrogens with one attached hydrogen (secondary N) is 2. The number of nitrogens with zero attached hydrogens (tertiary/aromatic N) is 2. The second kappa shape index (κ2) is 8.12. The van der Waals surface area contributed by atoms with Crippen molar-refractivity contribution in [1.29, 1.82) is 0 Å². The maximum absolute atomic E-state index is 6.20. The van der Waals surface area contributed by atoms with Gasteiger partial charge in [0.15, 0.2) is 0 Å². The Bertz CT molecular complexity index is 921. The van der Waals surface area contributed by atoms with E-state index in [1.54, 1.807) is 44.7 Å². The van der Waals surface area contributed by atoms with Gasteiger partial charge in [-0.3, -0.25) is 0 Å². The van der Waals surface area contributed by atoms with E-state index in [4.69, 9.17) is 32.7 Å². The summed E-state index contributed by atoms with van der Waals surface area (Å²) in [6, 6.07) is 12.5. The summed E-state index contributed by atoms with van der Waals surface area (Å²) in [4.78, 5) is 8.66. The first-order chi connectivity index (χ1) is 12.6. The lowest BCUT2D eigenvalue weighted by molar-refractivity contribution is 0.395. The fourth-order valence-corrected chi connectivity index (χ4v) is 2.60. The molecule has 0 aliphatic rings. The van der Waals surface area contributed by atoms with Gasteiger partial charge in [-0.1, -0.05) is 29.3 Å². The molecule has 0 aliphatic carbocycles. The average Bonchev–Trinajstić information content (AvgIpc) is 2.66. The van der Waals surface area contributed by atoms with Crippen LogP contribution in [0, 0.1) is 0 Å². The molecular formula is C18H16Cl2N4O2. The molecular weight excluding hydrogens is 375 g/mol. The first-order valence-electron chi connectivity index (χ1n) is 7.64. The zero-order valence-electron chi connectivity index (χ0n) is 14.1. The maximum atomic E-state index is 6.20. The minimum Gasteiger partial charge on any atom is -0.497 e. The topological polar surface area (TPSA) is 68.3 Å². The lowest BCUT2D eigenvalue weighted by atomic mass is 10.2. The Morgan fingerprint density at radius 3 is 2.54 bits per heavy atom. The van der Waals surface area contributed by atoms with Crippen LogP contribution in [0.2, 0.25) is 10.0 Å². The largest absolute Gasteiger partial charge is 0.497 e. The summed E-state index contributed by atoms with van der Waals surface area (Å²) in [5.74, 6) is 2.28. The van der Waals surface area contributed by atoms with Crippen molar-refractivity contribution >= 4 is 46.3 Å². The van der Waals surface area contributed by atoms with Crippen LogP contribution in [-0.4, -0.2) is 24.2 Å². The Balaban J connectivity index is 1.83. The third-order valence-corrected chi connectivity index (χ3v) is 4.34. The van der Waals surface area contributed by atoms with Gasteiger partial charge in [0.05, 0.1) is 35.6 Å². The van der Waals surface area contributed by atoms with Crippen molar-refractivity contribution < 1.29 is 9.47 Å². The van der Waals surface area contributed by atoms with Gasteiger partial charge < -0.3 is 20.1 Å². The summed E-state index contributed by atoms with van der Waals surface area (Å²) in [6.45, 7) is 0. The third kappa shape index (κ3) is 4.09. The van der Waals surface area contributed by atoms with E-state index in [9.17, 15) is 0 Å². The molecule has 0 saturated heterocycles. The van der Waals surface area contributed by atoms with E-state index in [1.807, 2.05) is 18.2 Å².